The highest BCUT2D eigenvalue weighted by Gasteiger charge is 2.04. The maximum atomic E-state index is 12.6. The smallest absolute Gasteiger partial charge is 0.170 e. The standard InChI is InChI=1S/C6H3ClFNO.H2O/c7-6-5(8)4(3-10)1-2-9-6;/h1-3H;1H2. The number of nitrogens with zero attached hydrogens (tertiary/aromatic N) is 1. The molecular formula is C6H5ClFNO2. The summed E-state index contributed by atoms with van der Waals surface area (Å²) in [5.41, 5.74) is -0.0694. The number of hydrogen-bond donors (Lipinski definition) is 0. The predicted octanol–water partition coefficient (Wildman–Crippen LogP) is 0.862. The monoisotopic (exact) mass is 177 g/mol. The molecule has 0 aliphatic heterocycles. The molecule has 5 heteroatoms. The number of hydrogen-bond acceptors (Lipinski definition) is 2. The molecule has 1 heterocycles. The fraction of sp³-hybridized carbons (Fsp3) is 0. The average Bonchev–Trinajstić information content (AvgIpc) is 1.95. The Morgan fingerprint density at radius 1 is 1.64 bits per heavy atom. The van der Waals surface area contributed by atoms with Crippen molar-refractivity contribution in [2.75, 3.05) is 0 Å². The summed E-state index contributed by atoms with van der Waals surface area (Å²) >= 11 is 5.25. The zero-order chi connectivity index (χ0) is 7.56. The third kappa shape index (κ3) is 1.96. The number of pyridine rings is 1. The fourth-order valence-electron chi connectivity index (χ4n) is 0.523. The van der Waals surface area contributed by atoms with E-state index in [0.717, 1.165) is 0 Å². The minimum atomic E-state index is -0.765. The summed E-state index contributed by atoms with van der Waals surface area (Å²) in [5.74, 6) is -0.765. The van der Waals surface area contributed by atoms with Crippen molar-refractivity contribution in [3.8, 4) is 0 Å². The maximum Gasteiger partial charge on any atom is 0.170 e. The van der Waals surface area contributed by atoms with Gasteiger partial charge in [-0.25, -0.2) is 9.37 Å². The minimum absolute atomic E-state index is 0. The second-order valence-electron chi connectivity index (χ2n) is 1.62. The molecular weight excluding hydrogens is 173 g/mol. The molecule has 0 aliphatic rings. The second-order valence-corrected chi connectivity index (χ2v) is 1.98. The van der Waals surface area contributed by atoms with Crippen LogP contribution in [0.25, 0.3) is 0 Å². The molecule has 0 unspecified atom stereocenters. The fourth-order valence-corrected chi connectivity index (χ4v) is 0.688. The largest absolute Gasteiger partial charge is 0.412 e. The molecule has 1 aromatic heterocycles. The number of aldehydes is 1. The lowest BCUT2D eigenvalue weighted by Gasteiger charge is -1.92. The first-order chi connectivity index (χ1) is 4.75. The van der Waals surface area contributed by atoms with E-state index in [0.29, 0.717) is 6.29 Å². The van der Waals surface area contributed by atoms with Gasteiger partial charge in [-0.3, -0.25) is 4.79 Å². The lowest BCUT2D eigenvalue weighted by Crippen LogP contribution is -1.89. The molecule has 1 rings (SSSR count). The van der Waals surface area contributed by atoms with Crippen molar-refractivity contribution < 1.29 is 14.7 Å². The van der Waals surface area contributed by atoms with Crippen LogP contribution in [0.2, 0.25) is 5.15 Å². The second kappa shape index (κ2) is 4.00. The van der Waals surface area contributed by atoms with Gasteiger partial charge in [-0.15, -0.1) is 0 Å². The van der Waals surface area contributed by atoms with E-state index in [1.807, 2.05) is 0 Å². The van der Waals surface area contributed by atoms with Gasteiger partial charge >= 0.3 is 0 Å². The average molecular weight is 178 g/mol. The Morgan fingerprint density at radius 2 is 2.27 bits per heavy atom. The highest BCUT2D eigenvalue weighted by atomic mass is 35.5. The van der Waals surface area contributed by atoms with E-state index in [-0.39, 0.29) is 16.2 Å². The number of aromatic nitrogens is 1. The van der Waals surface area contributed by atoms with Crippen molar-refractivity contribution in [3.05, 3.63) is 28.8 Å². The molecule has 0 saturated heterocycles. The van der Waals surface area contributed by atoms with Gasteiger partial charge in [0.15, 0.2) is 17.3 Å². The van der Waals surface area contributed by atoms with Crippen LogP contribution in [0.5, 0.6) is 0 Å². The van der Waals surface area contributed by atoms with Gasteiger partial charge in [0.05, 0.1) is 5.56 Å². The number of carbonyl (C=O) groups excluding carboxylic acids is 1. The van der Waals surface area contributed by atoms with Crippen LogP contribution >= 0.6 is 11.6 Å². The highest BCUT2D eigenvalue weighted by Crippen LogP contribution is 2.12. The molecule has 2 N–H and O–H groups in total. The molecule has 11 heavy (non-hydrogen) atoms. The first-order valence-corrected chi connectivity index (χ1v) is 2.88. The molecule has 1 aromatic rings. The highest BCUT2D eigenvalue weighted by molar-refractivity contribution is 6.29. The third-order valence-electron chi connectivity index (χ3n) is 1.00. The van der Waals surface area contributed by atoms with E-state index in [1.54, 1.807) is 0 Å². The topological polar surface area (TPSA) is 61.5 Å². The van der Waals surface area contributed by atoms with Crippen molar-refractivity contribution in [1.82, 2.24) is 4.98 Å². The normalized spacial score (nSPS) is 8.55. The predicted molar refractivity (Wildman–Crippen MR) is 38.2 cm³/mol. The summed E-state index contributed by atoms with van der Waals surface area (Å²) in [7, 11) is 0. The molecule has 3 nitrogen and oxygen atoms in total. The number of carbonyl (C=O) groups is 1. The lowest BCUT2D eigenvalue weighted by atomic mass is 10.3. The first-order valence-electron chi connectivity index (χ1n) is 2.51. The summed E-state index contributed by atoms with van der Waals surface area (Å²) in [5, 5.41) is -0.274. The Balaban J connectivity index is 0.000001000. The molecule has 0 aromatic carbocycles. The van der Waals surface area contributed by atoms with Crippen molar-refractivity contribution in [2.45, 2.75) is 0 Å². The van der Waals surface area contributed by atoms with Crippen LogP contribution in [0.1, 0.15) is 10.4 Å². The van der Waals surface area contributed by atoms with Crippen LogP contribution in [0.3, 0.4) is 0 Å². The van der Waals surface area contributed by atoms with E-state index in [1.165, 1.54) is 12.3 Å². The molecule has 0 saturated carbocycles. The van der Waals surface area contributed by atoms with Gasteiger partial charge in [0.1, 0.15) is 0 Å². The summed E-state index contributed by atoms with van der Waals surface area (Å²) in [6.45, 7) is 0. The summed E-state index contributed by atoms with van der Waals surface area (Å²) in [6, 6.07) is 1.26. The molecule has 0 fully saturated rings. The van der Waals surface area contributed by atoms with Gasteiger partial charge in [-0.1, -0.05) is 11.6 Å². The summed E-state index contributed by atoms with van der Waals surface area (Å²) < 4.78 is 12.6. The molecule has 0 atom stereocenters. The number of rotatable bonds is 1. The first kappa shape index (κ1) is 10.0. The van der Waals surface area contributed by atoms with Crippen LogP contribution in [0.4, 0.5) is 4.39 Å². The Kier molecular flexibility index (Phi) is 3.64. The van der Waals surface area contributed by atoms with E-state index in [9.17, 15) is 9.18 Å². The van der Waals surface area contributed by atoms with Crippen LogP contribution < -0.4 is 0 Å². The Hall–Kier alpha value is -1.000. The SMILES string of the molecule is O.O=Cc1ccnc(Cl)c1F. The van der Waals surface area contributed by atoms with Crippen LogP contribution in [-0.2, 0) is 0 Å². The third-order valence-corrected chi connectivity index (χ3v) is 1.27. The van der Waals surface area contributed by atoms with E-state index < -0.39 is 5.82 Å². The van der Waals surface area contributed by atoms with Crippen molar-refractivity contribution in [3.63, 3.8) is 0 Å². The van der Waals surface area contributed by atoms with Crippen molar-refractivity contribution >= 4 is 17.9 Å². The van der Waals surface area contributed by atoms with Gasteiger partial charge < -0.3 is 5.48 Å². The quantitative estimate of drug-likeness (QED) is 0.472. The van der Waals surface area contributed by atoms with Crippen molar-refractivity contribution in [2.24, 2.45) is 0 Å². The van der Waals surface area contributed by atoms with E-state index >= 15 is 0 Å². The summed E-state index contributed by atoms with van der Waals surface area (Å²) in [6.07, 6.45) is 1.66. The van der Waals surface area contributed by atoms with Gasteiger partial charge in [0.25, 0.3) is 0 Å². The Bertz CT molecular complexity index is 267. The Labute approximate surface area is 67.1 Å². The zero-order valence-corrected chi connectivity index (χ0v) is 6.10. The van der Waals surface area contributed by atoms with Crippen LogP contribution in [0, 0.1) is 5.82 Å². The molecule has 60 valence electrons. The maximum absolute atomic E-state index is 12.6. The molecule has 0 amide bonds. The Morgan fingerprint density at radius 3 is 2.73 bits per heavy atom. The van der Waals surface area contributed by atoms with Crippen molar-refractivity contribution in [1.29, 1.82) is 0 Å². The number of halogens is 2. The minimum Gasteiger partial charge on any atom is -0.412 e. The molecule has 0 spiro atoms. The summed E-state index contributed by atoms with van der Waals surface area (Å²) in [4.78, 5) is 13.5. The van der Waals surface area contributed by atoms with Gasteiger partial charge in [0, 0.05) is 6.20 Å². The zero-order valence-electron chi connectivity index (χ0n) is 5.34. The van der Waals surface area contributed by atoms with Crippen LogP contribution in [0.15, 0.2) is 12.3 Å². The van der Waals surface area contributed by atoms with E-state index in [4.69, 9.17) is 11.6 Å². The van der Waals surface area contributed by atoms with Gasteiger partial charge in [-0.05, 0) is 6.07 Å². The molecule has 0 bridgehead atoms. The van der Waals surface area contributed by atoms with Crippen LogP contribution in [-0.4, -0.2) is 16.7 Å². The lowest BCUT2D eigenvalue weighted by molar-refractivity contribution is 0.111. The van der Waals surface area contributed by atoms with Gasteiger partial charge in [-0.2, -0.15) is 0 Å². The molecule has 0 aliphatic carbocycles. The molecule has 0 radical (unpaired) electrons. The van der Waals surface area contributed by atoms with Gasteiger partial charge in [0.2, 0.25) is 0 Å². The van der Waals surface area contributed by atoms with E-state index in [2.05, 4.69) is 4.98 Å².